The van der Waals surface area contributed by atoms with Gasteiger partial charge in [-0.3, -0.25) is 0 Å². The van der Waals surface area contributed by atoms with E-state index in [1.165, 1.54) is 0 Å². The van der Waals surface area contributed by atoms with Gasteiger partial charge >= 0.3 is 11.9 Å². The van der Waals surface area contributed by atoms with E-state index in [0.717, 1.165) is 0 Å². The number of hydrogen-bond acceptors (Lipinski definition) is 6. The molecule has 134 valence electrons. The molecule has 0 N–H and O–H groups in total. The minimum Gasteiger partial charge on any atom is -0.318 e. The largest absolute Gasteiger partial charge is 0.349 e. The number of halogens is 1. The second-order valence-electron chi connectivity index (χ2n) is 5.03. The quantitative estimate of drug-likeness (QED) is 0.322. The summed E-state index contributed by atoms with van der Waals surface area (Å²) >= 11 is 5.46. The van der Waals surface area contributed by atoms with Crippen LogP contribution in [0.15, 0.2) is 71.0 Å². The normalized spacial score (nSPS) is 11.8. The molecule has 0 saturated carbocycles. The fourth-order valence-electron chi connectivity index (χ4n) is 1.94. The highest BCUT2D eigenvalue weighted by molar-refractivity contribution is 6.53. The first-order valence-corrected chi connectivity index (χ1v) is 8.42. The molecule has 0 aliphatic heterocycles. The van der Waals surface area contributed by atoms with Gasteiger partial charge in [0.05, 0.1) is 0 Å². The topological polar surface area (TPSA) is 77.3 Å². The second-order valence-corrected chi connectivity index (χ2v) is 5.29. The Morgan fingerprint density at radius 3 is 1.62 bits per heavy atom. The molecule has 0 bridgehead atoms. The van der Waals surface area contributed by atoms with Gasteiger partial charge in [0.15, 0.2) is 0 Å². The van der Waals surface area contributed by atoms with Crippen LogP contribution in [0, 0.1) is 0 Å². The number of hydrogen-bond donors (Lipinski definition) is 0. The smallest absolute Gasteiger partial charge is 0.318 e. The molecule has 0 saturated heterocycles. The van der Waals surface area contributed by atoms with E-state index in [-0.39, 0.29) is 23.7 Å². The maximum absolute atomic E-state index is 11.5. The van der Waals surface area contributed by atoms with Gasteiger partial charge in [-0.1, -0.05) is 77.9 Å². The molecule has 0 aliphatic rings. The minimum absolute atomic E-state index is 0.171. The Morgan fingerprint density at radius 2 is 1.23 bits per heavy atom. The van der Waals surface area contributed by atoms with Gasteiger partial charge in [0.25, 0.3) is 0 Å². The summed E-state index contributed by atoms with van der Waals surface area (Å²) in [7, 11) is 0. The molecule has 7 heteroatoms. The van der Waals surface area contributed by atoms with Crippen LogP contribution in [0.1, 0.15) is 24.5 Å². The van der Waals surface area contributed by atoms with E-state index in [4.69, 9.17) is 21.3 Å². The van der Waals surface area contributed by atoms with E-state index < -0.39 is 11.9 Å². The van der Waals surface area contributed by atoms with Crippen LogP contribution in [0.2, 0.25) is 0 Å². The highest BCUT2D eigenvalue weighted by Crippen LogP contribution is 2.12. The van der Waals surface area contributed by atoms with Crippen LogP contribution in [-0.2, 0) is 19.3 Å². The Hall–Kier alpha value is -2.99. The van der Waals surface area contributed by atoms with Gasteiger partial charge in [-0.2, -0.15) is 0 Å². The maximum Gasteiger partial charge on any atom is 0.349 e. The monoisotopic (exact) mass is 372 g/mol. The summed E-state index contributed by atoms with van der Waals surface area (Å²) < 4.78 is 0. The van der Waals surface area contributed by atoms with Crippen LogP contribution in [0.25, 0.3) is 0 Å². The van der Waals surface area contributed by atoms with Gasteiger partial charge in [0.1, 0.15) is 17.3 Å². The van der Waals surface area contributed by atoms with Crippen molar-refractivity contribution in [2.45, 2.75) is 13.3 Å². The molecule has 0 aliphatic carbocycles. The van der Waals surface area contributed by atoms with Crippen molar-refractivity contribution >= 4 is 35.0 Å². The molecular formula is C19H17ClN2O4. The third-order valence-corrected chi connectivity index (χ3v) is 3.41. The van der Waals surface area contributed by atoms with Gasteiger partial charge in [-0.15, -0.1) is 11.6 Å². The van der Waals surface area contributed by atoms with E-state index >= 15 is 0 Å². The zero-order valence-electron chi connectivity index (χ0n) is 14.1. The molecule has 6 nitrogen and oxygen atoms in total. The SMILES string of the molecule is CCC(=O)O/N=C(\C(=N/OC(=O)CCl)c1ccccc1)c1ccccc1. The Labute approximate surface area is 156 Å². The molecule has 0 unspecified atom stereocenters. The number of carbonyl (C=O) groups excluding carboxylic acids is 2. The van der Waals surface area contributed by atoms with Crippen LogP contribution in [0.4, 0.5) is 0 Å². The summed E-state index contributed by atoms with van der Waals surface area (Å²) in [5.74, 6) is -1.55. The molecule has 2 aromatic rings. The Bertz CT molecular complexity index is 735. The molecule has 0 spiro atoms. The predicted octanol–water partition coefficient (Wildman–Crippen LogP) is 3.53. The van der Waals surface area contributed by atoms with Crippen molar-refractivity contribution < 1.29 is 19.3 Å². The highest BCUT2D eigenvalue weighted by Gasteiger charge is 2.18. The third kappa shape index (κ3) is 5.53. The average Bonchev–Trinajstić information content (AvgIpc) is 2.71. The van der Waals surface area contributed by atoms with Crippen LogP contribution in [0.3, 0.4) is 0 Å². The second kappa shape index (κ2) is 10.1. The van der Waals surface area contributed by atoms with Crippen LogP contribution in [-0.4, -0.2) is 29.2 Å². The number of benzene rings is 2. The first-order valence-electron chi connectivity index (χ1n) is 7.88. The predicted molar refractivity (Wildman–Crippen MR) is 99.2 cm³/mol. The fraction of sp³-hybridized carbons (Fsp3) is 0.158. The van der Waals surface area contributed by atoms with Gasteiger partial charge in [-0.25, -0.2) is 9.59 Å². The summed E-state index contributed by atoms with van der Waals surface area (Å²) in [6.45, 7) is 1.66. The Kier molecular flexibility index (Phi) is 7.51. The first kappa shape index (κ1) is 19.3. The van der Waals surface area contributed by atoms with E-state index in [9.17, 15) is 9.59 Å². The van der Waals surface area contributed by atoms with Crippen LogP contribution < -0.4 is 0 Å². The van der Waals surface area contributed by atoms with Crippen molar-refractivity contribution in [3.05, 3.63) is 71.8 Å². The molecule has 0 radical (unpaired) electrons. The molecule has 2 aromatic carbocycles. The van der Waals surface area contributed by atoms with Crippen molar-refractivity contribution in [1.82, 2.24) is 0 Å². The minimum atomic E-state index is -0.710. The lowest BCUT2D eigenvalue weighted by Gasteiger charge is -2.10. The van der Waals surface area contributed by atoms with Crippen molar-refractivity contribution in [3.8, 4) is 0 Å². The van der Waals surface area contributed by atoms with Crippen LogP contribution in [0.5, 0.6) is 0 Å². The molecule has 0 atom stereocenters. The highest BCUT2D eigenvalue weighted by atomic mass is 35.5. The molecular weight excluding hydrogens is 356 g/mol. The van der Waals surface area contributed by atoms with E-state index in [1.54, 1.807) is 55.5 Å². The van der Waals surface area contributed by atoms with E-state index in [2.05, 4.69) is 10.3 Å². The van der Waals surface area contributed by atoms with E-state index in [0.29, 0.717) is 11.1 Å². The lowest BCUT2D eigenvalue weighted by Crippen LogP contribution is -2.20. The lowest BCUT2D eigenvalue weighted by molar-refractivity contribution is -0.143. The maximum atomic E-state index is 11.5. The van der Waals surface area contributed by atoms with Crippen LogP contribution >= 0.6 is 11.6 Å². The van der Waals surface area contributed by atoms with Crippen molar-refractivity contribution in [3.63, 3.8) is 0 Å². The first-order chi connectivity index (χ1) is 12.7. The molecule has 0 aromatic heterocycles. The Morgan fingerprint density at radius 1 is 0.808 bits per heavy atom. The van der Waals surface area contributed by atoms with Gasteiger partial charge < -0.3 is 9.68 Å². The summed E-state index contributed by atoms with van der Waals surface area (Å²) in [6, 6.07) is 18.0. The summed E-state index contributed by atoms with van der Waals surface area (Å²) in [4.78, 5) is 32.8. The number of carbonyl (C=O) groups is 2. The van der Waals surface area contributed by atoms with Crippen molar-refractivity contribution in [1.29, 1.82) is 0 Å². The third-order valence-electron chi connectivity index (χ3n) is 3.19. The summed E-state index contributed by atoms with van der Waals surface area (Å²) in [5, 5.41) is 7.86. The number of alkyl halides is 1. The van der Waals surface area contributed by atoms with Crippen molar-refractivity contribution in [2.75, 3.05) is 5.88 Å². The van der Waals surface area contributed by atoms with Crippen molar-refractivity contribution in [2.24, 2.45) is 10.3 Å². The molecule has 0 amide bonds. The summed E-state index contributed by atoms with van der Waals surface area (Å²) in [5.41, 5.74) is 1.76. The Balaban J connectivity index is 2.53. The average molecular weight is 373 g/mol. The summed E-state index contributed by atoms with van der Waals surface area (Å²) in [6.07, 6.45) is 0.171. The lowest BCUT2D eigenvalue weighted by atomic mass is 10.00. The number of oxime groups is 2. The zero-order valence-corrected chi connectivity index (χ0v) is 14.8. The molecule has 26 heavy (non-hydrogen) atoms. The van der Waals surface area contributed by atoms with E-state index in [1.807, 2.05) is 12.1 Å². The standard InChI is InChI=1S/C19H17ClN2O4/c1-2-16(23)25-21-18(14-9-5-3-6-10-14)19(22-26-17(24)13-20)15-11-7-4-8-12-15/h3-12H,2,13H2,1H3/b21-18-,22-19-. The van der Waals surface area contributed by atoms with Gasteiger partial charge in [0, 0.05) is 17.5 Å². The van der Waals surface area contributed by atoms with Gasteiger partial charge in [0.2, 0.25) is 0 Å². The fourth-order valence-corrected chi connectivity index (χ4v) is 1.99. The number of rotatable bonds is 7. The van der Waals surface area contributed by atoms with Gasteiger partial charge in [-0.05, 0) is 0 Å². The zero-order chi connectivity index (χ0) is 18.8. The molecule has 0 heterocycles. The molecule has 2 rings (SSSR count). The molecule has 0 fully saturated rings. The number of nitrogens with zero attached hydrogens (tertiary/aromatic N) is 2.